The van der Waals surface area contributed by atoms with Crippen molar-refractivity contribution in [3.63, 3.8) is 0 Å². The normalized spacial score (nSPS) is 18.7. The minimum Gasteiger partial charge on any atom is -0.424 e. The van der Waals surface area contributed by atoms with Crippen LogP contribution >= 0.6 is 0 Å². The predicted octanol–water partition coefficient (Wildman–Crippen LogP) is 3.62. The molecule has 172 valence electrons. The van der Waals surface area contributed by atoms with Crippen molar-refractivity contribution in [3.8, 4) is 11.8 Å². The van der Waals surface area contributed by atoms with Gasteiger partial charge in [0.2, 0.25) is 0 Å². The Morgan fingerprint density at radius 1 is 1.15 bits per heavy atom. The van der Waals surface area contributed by atoms with Crippen LogP contribution in [-0.2, 0) is 12.0 Å². The number of carbonyl (C=O) groups is 1. The fourth-order valence-electron chi connectivity index (χ4n) is 4.25. The van der Waals surface area contributed by atoms with Crippen LogP contribution in [0.3, 0.4) is 0 Å². The van der Waals surface area contributed by atoms with Crippen LogP contribution < -0.4 is 4.74 Å². The van der Waals surface area contributed by atoms with E-state index in [0.717, 1.165) is 49.6 Å². The van der Waals surface area contributed by atoms with Gasteiger partial charge < -0.3 is 9.64 Å². The molecule has 1 aromatic carbocycles. The highest BCUT2D eigenvalue weighted by atomic mass is 16.5. The average molecular weight is 447 g/mol. The number of amides is 1. The fraction of sp³-hybridized carbons (Fsp3) is 0.400. The minimum absolute atomic E-state index is 0.0998. The molecule has 1 aliphatic heterocycles. The molecule has 8 nitrogen and oxygen atoms in total. The summed E-state index contributed by atoms with van der Waals surface area (Å²) >= 11 is 0. The molecule has 1 saturated heterocycles. The first-order chi connectivity index (χ1) is 15.8. The van der Waals surface area contributed by atoms with Crippen molar-refractivity contribution in [1.29, 1.82) is 0 Å². The number of aromatic nitrogens is 4. The lowest BCUT2D eigenvalue weighted by atomic mass is 9.80. The number of piperidine rings is 1. The lowest BCUT2D eigenvalue weighted by Crippen LogP contribution is -2.45. The minimum atomic E-state index is -0.225. The number of rotatable bonds is 6. The summed E-state index contributed by atoms with van der Waals surface area (Å²) in [7, 11) is 3.48. The first kappa shape index (κ1) is 22.8. The molecule has 1 unspecified atom stereocenters. The maximum atomic E-state index is 12.5. The third-order valence-electron chi connectivity index (χ3n) is 5.85. The van der Waals surface area contributed by atoms with Gasteiger partial charge in [0, 0.05) is 50.7 Å². The van der Waals surface area contributed by atoms with E-state index < -0.39 is 0 Å². The molecule has 2 aromatic heterocycles. The molecule has 8 heteroatoms. The number of likely N-dealkylation sites (tertiary alicyclic amines) is 1. The molecule has 4 rings (SSSR count). The summed E-state index contributed by atoms with van der Waals surface area (Å²) in [5.74, 6) is 1.36. The van der Waals surface area contributed by atoms with Crippen LogP contribution in [0.25, 0.3) is 0 Å². The van der Waals surface area contributed by atoms with E-state index in [9.17, 15) is 4.79 Å². The molecular weight excluding hydrogens is 416 g/mol. The van der Waals surface area contributed by atoms with Crippen molar-refractivity contribution in [2.24, 2.45) is 0 Å². The Morgan fingerprint density at radius 3 is 2.70 bits per heavy atom. The summed E-state index contributed by atoms with van der Waals surface area (Å²) in [6.07, 6.45) is 5.34. The van der Waals surface area contributed by atoms with E-state index in [0.29, 0.717) is 17.5 Å². The average Bonchev–Trinajstić information content (AvgIpc) is 2.79. The molecule has 0 spiro atoms. The lowest BCUT2D eigenvalue weighted by Gasteiger charge is -2.39. The van der Waals surface area contributed by atoms with Crippen molar-refractivity contribution < 1.29 is 9.53 Å². The van der Waals surface area contributed by atoms with E-state index in [2.05, 4.69) is 32.8 Å². The molecule has 1 atom stereocenters. The zero-order valence-electron chi connectivity index (χ0n) is 19.7. The van der Waals surface area contributed by atoms with Crippen LogP contribution in [0.1, 0.15) is 47.3 Å². The van der Waals surface area contributed by atoms with Gasteiger partial charge in [-0.1, -0.05) is 19.1 Å². The van der Waals surface area contributed by atoms with Crippen molar-refractivity contribution in [2.75, 3.05) is 27.2 Å². The van der Waals surface area contributed by atoms with Gasteiger partial charge in [0.05, 0.1) is 0 Å². The molecular formula is C25H30N6O2. The molecule has 0 aliphatic carbocycles. The molecule has 3 aromatic rings. The molecule has 1 aliphatic rings. The number of hydrogen-bond acceptors (Lipinski definition) is 7. The maximum Gasteiger partial charge on any atom is 0.321 e. The first-order valence-corrected chi connectivity index (χ1v) is 11.2. The zero-order valence-corrected chi connectivity index (χ0v) is 19.7. The van der Waals surface area contributed by atoms with Crippen molar-refractivity contribution >= 4 is 5.91 Å². The SMILES string of the molecule is Cc1cc(C(=O)N(C)C)nc(C2(C)CCCN(Cc3cccc(Oc4ncccn4)c3)C2)n1. The highest BCUT2D eigenvalue weighted by molar-refractivity contribution is 5.92. The van der Waals surface area contributed by atoms with Crippen molar-refractivity contribution in [3.05, 3.63) is 71.6 Å². The summed E-state index contributed by atoms with van der Waals surface area (Å²) in [6, 6.07) is 11.9. The van der Waals surface area contributed by atoms with Gasteiger partial charge in [-0.05, 0) is 56.1 Å². The quantitative estimate of drug-likeness (QED) is 0.572. The first-order valence-electron chi connectivity index (χ1n) is 11.2. The summed E-state index contributed by atoms with van der Waals surface area (Å²) in [5, 5.41) is 0. The van der Waals surface area contributed by atoms with Gasteiger partial charge in [0.15, 0.2) is 0 Å². The van der Waals surface area contributed by atoms with Gasteiger partial charge in [-0.2, -0.15) is 0 Å². The molecule has 33 heavy (non-hydrogen) atoms. The highest BCUT2D eigenvalue weighted by Gasteiger charge is 2.36. The second-order valence-corrected chi connectivity index (χ2v) is 9.07. The molecule has 0 N–H and O–H groups in total. The van der Waals surface area contributed by atoms with Crippen molar-refractivity contribution in [1.82, 2.24) is 29.7 Å². The predicted molar refractivity (Wildman–Crippen MR) is 125 cm³/mol. The number of carbonyl (C=O) groups excluding carboxylic acids is 1. The Balaban J connectivity index is 1.50. The molecule has 0 bridgehead atoms. The van der Waals surface area contributed by atoms with Gasteiger partial charge in [-0.25, -0.2) is 19.9 Å². The van der Waals surface area contributed by atoms with E-state index in [1.807, 2.05) is 25.1 Å². The Kier molecular flexibility index (Phi) is 6.65. The van der Waals surface area contributed by atoms with E-state index in [1.54, 1.807) is 43.5 Å². The summed E-state index contributed by atoms with van der Waals surface area (Å²) in [5.41, 5.74) is 2.20. The third-order valence-corrected chi connectivity index (χ3v) is 5.85. The van der Waals surface area contributed by atoms with E-state index >= 15 is 0 Å². The van der Waals surface area contributed by atoms with Crippen LogP contribution in [0, 0.1) is 6.92 Å². The monoisotopic (exact) mass is 446 g/mol. The van der Waals surface area contributed by atoms with Gasteiger partial charge in [0.25, 0.3) is 5.91 Å². The van der Waals surface area contributed by atoms with Crippen molar-refractivity contribution in [2.45, 2.75) is 38.6 Å². The second kappa shape index (κ2) is 9.62. The van der Waals surface area contributed by atoms with Gasteiger partial charge in [0.1, 0.15) is 17.3 Å². The van der Waals surface area contributed by atoms with E-state index in [1.165, 1.54) is 0 Å². The molecule has 0 radical (unpaired) electrons. The van der Waals surface area contributed by atoms with Gasteiger partial charge in [-0.3, -0.25) is 9.69 Å². The van der Waals surface area contributed by atoms with E-state index in [-0.39, 0.29) is 11.3 Å². The standard InChI is InChI=1S/C25H30N6O2/c1-18-14-21(22(32)30(3)4)29-23(28-18)25(2)10-6-13-31(17-25)16-19-8-5-9-20(15-19)33-24-26-11-7-12-27-24/h5,7-9,11-12,14-15H,6,10,13,16-17H2,1-4H3. The molecule has 3 heterocycles. The number of benzene rings is 1. The topological polar surface area (TPSA) is 84.3 Å². The number of nitrogens with zero attached hydrogens (tertiary/aromatic N) is 6. The van der Waals surface area contributed by atoms with Crippen LogP contribution in [0.2, 0.25) is 0 Å². The van der Waals surface area contributed by atoms with Crippen LogP contribution in [0.15, 0.2) is 48.8 Å². The van der Waals surface area contributed by atoms with E-state index in [4.69, 9.17) is 9.72 Å². The highest BCUT2D eigenvalue weighted by Crippen LogP contribution is 2.33. The number of ether oxygens (including phenoxy) is 1. The fourth-order valence-corrected chi connectivity index (χ4v) is 4.25. The van der Waals surface area contributed by atoms with Gasteiger partial charge >= 0.3 is 6.01 Å². The second-order valence-electron chi connectivity index (χ2n) is 9.07. The Morgan fingerprint density at radius 2 is 1.94 bits per heavy atom. The summed E-state index contributed by atoms with van der Waals surface area (Å²) in [6.45, 7) is 6.72. The maximum absolute atomic E-state index is 12.5. The third kappa shape index (κ3) is 5.51. The van der Waals surface area contributed by atoms with Crippen LogP contribution in [-0.4, -0.2) is 62.8 Å². The Bertz CT molecular complexity index is 1120. The largest absolute Gasteiger partial charge is 0.424 e. The van der Waals surface area contributed by atoms with Gasteiger partial charge in [-0.15, -0.1) is 0 Å². The Labute approximate surface area is 194 Å². The van der Waals surface area contributed by atoms with Crippen LogP contribution in [0.5, 0.6) is 11.8 Å². The molecule has 1 amide bonds. The van der Waals surface area contributed by atoms with Crippen LogP contribution in [0.4, 0.5) is 0 Å². The summed E-state index contributed by atoms with van der Waals surface area (Å²) < 4.78 is 5.79. The number of aryl methyl sites for hydroxylation is 1. The zero-order chi connectivity index (χ0) is 23.4. The lowest BCUT2D eigenvalue weighted by molar-refractivity contribution is 0.0820. The Hall–Kier alpha value is -3.39. The molecule has 1 fully saturated rings. The smallest absolute Gasteiger partial charge is 0.321 e. The summed E-state index contributed by atoms with van der Waals surface area (Å²) in [4.78, 5) is 34.1. The number of hydrogen-bond donors (Lipinski definition) is 0. The molecule has 0 saturated carbocycles.